The van der Waals surface area contributed by atoms with Crippen LogP contribution < -0.4 is 0 Å². The molecule has 4 nitrogen and oxygen atoms in total. The molecule has 1 rings (SSSR count). The first-order valence-electron chi connectivity index (χ1n) is 2.65. The summed E-state index contributed by atoms with van der Waals surface area (Å²) in [5, 5.41) is 26.1. The van der Waals surface area contributed by atoms with Crippen molar-refractivity contribution in [3.8, 4) is 0 Å². The molecule has 1 atom stereocenters. The van der Waals surface area contributed by atoms with Crippen LogP contribution in [0.4, 0.5) is 0 Å². The zero-order chi connectivity index (χ0) is 7.72. The quantitative estimate of drug-likeness (QED) is 0.438. The molecular weight excluding hydrogens is 136 g/mol. The fourth-order valence-electron chi connectivity index (χ4n) is 0.648. The van der Waals surface area contributed by atoms with Crippen molar-refractivity contribution in [2.75, 3.05) is 0 Å². The molecule has 0 amide bonds. The molecule has 4 heteroatoms. The summed E-state index contributed by atoms with van der Waals surface area (Å²) in [5.41, 5.74) is 0. The number of rotatable bonds is 0. The van der Waals surface area contributed by atoms with E-state index >= 15 is 0 Å². The number of ketones is 1. The van der Waals surface area contributed by atoms with Gasteiger partial charge in [-0.3, -0.25) is 4.79 Å². The van der Waals surface area contributed by atoms with Crippen LogP contribution in [0.3, 0.4) is 0 Å². The summed E-state index contributed by atoms with van der Waals surface area (Å²) in [6.07, 6.45) is 0.418. The van der Waals surface area contributed by atoms with E-state index in [1.807, 2.05) is 0 Å². The van der Waals surface area contributed by atoms with Gasteiger partial charge in [0.25, 0.3) is 0 Å². The third-order valence-corrected chi connectivity index (χ3v) is 1.13. The van der Waals surface area contributed by atoms with Gasteiger partial charge in [0.05, 0.1) is 0 Å². The van der Waals surface area contributed by atoms with Gasteiger partial charge in [-0.2, -0.15) is 0 Å². The number of Topliss-reactive ketones (excluding diaryl/α,β-unsaturated/α-hetero) is 1. The average Bonchev–Trinajstić information content (AvgIpc) is 1.82. The Morgan fingerprint density at radius 3 is 2.50 bits per heavy atom. The highest BCUT2D eigenvalue weighted by molar-refractivity contribution is 5.99. The highest BCUT2D eigenvalue weighted by Crippen LogP contribution is 2.09. The van der Waals surface area contributed by atoms with Crippen molar-refractivity contribution in [2.45, 2.75) is 6.10 Å². The van der Waals surface area contributed by atoms with Crippen LogP contribution in [-0.2, 0) is 4.79 Å². The van der Waals surface area contributed by atoms with Gasteiger partial charge in [-0.05, 0) is 6.08 Å². The molecule has 0 saturated heterocycles. The van der Waals surface area contributed by atoms with E-state index in [1.165, 1.54) is 0 Å². The molecular formula is C6H6O4. The van der Waals surface area contributed by atoms with Gasteiger partial charge in [0.2, 0.25) is 5.78 Å². The van der Waals surface area contributed by atoms with Crippen LogP contribution >= 0.6 is 0 Å². The smallest absolute Gasteiger partial charge is 0.229 e. The van der Waals surface area contributed by atoms with E-state index in [9.17, 15) is 4.79 Å². The van der Waals surface area contributed by atoms with Crippen molar-refractivity contribution >= 4 is 5.78 Å². The standard InChI is InChI=1S/C6H6O4/c7-3-1-4(8)6(10)5(9)2-3/h1-2,4,7-9H. The topological polar surface area (TPSA) is 77.8 Å². The second-order valence-corrected chi connectivity index (χ2v) is 1.93. The summed E-state index contributed by atoms with van der Waals surface area (Å²) in [5.74, 6) is -1.71. The van der Waals surface area contributed by atoms with Crippen LogP contribution in [0, 0.1) is 0 Å². The summed E-state index contributed by atoms with van der Waals surface area (Å²) in [7, 11) is 0. The van der Waals surface area contributed by atoms with E-state index < -0.39 is 17.6 Å². The molecule has 0 aromatic heterocycles. The third kappa shape index (κ3) is 1.01. The highest BCUT2D eigenvalue weighted by atomic mass is 16.3. The summed E-state index contributed by atoms with van der Waals surface area (Å²) < 4.78 is 0. The molecule has 3 N–H and O–H groups in total. The van der Waals surface area contributed by atoms with Crippen molar-refractivity contribution in [3.05, 3.63) is 23.7 Å². The number of carbonyl (C=O) groups is 1. The largest absolute Gasteiger partial charge is 0.508 e. The molecule has 0 aliphatic heterocycles. The van der Waals surface area contributed by atoms with Gasteiger partial charge in [-0.1, -0.05) is 0 Å². The molecule has 0 bridgehead atoms. The lowest BCUT2D eigenvalue weighted by Gasteiger charge is -2.08. The molecule has 1 aliphatic rings. The van der Waals surface area contributed by atoms with Crippen molar-refractivity contribution in [3.63, 3.8) is 0 Å². The molecule has 0 saturated carbocycles. The predicted molar refractivity (Wildman–Crippen MR) is 32.4 cm³/mol. The number of allylic oxidation sites excluding steroid dienone is 1. The maximum absolute atomic E-state index is 10.5. The van der Waals surface area contributed by atoms with Crippen LogP contribution in [0.5, 0.6) is 0 Å². The molecule has 1 unspecified atom stereocenters. The minimum atomic E-state index is -1.41. The van der Waals surface area contributed by atoms with E-state index in [1.54, 1.807) is 0 Å². The zero-order valence-electron chi connectivity index (χ0n) is 4.98. The van der Waals surface area contributed by atoms with Gasteiger partial charge < -0.3 is 15.3 Å². The lowest BCUT2D eigenvalue weighted by molar-refractivity contribution is -0.124. The average molecular weight is 142 g/mol. The Morgan fingerprint density at radius 1 is 1.40 bits per heavy atom. The van der Waals surface area contributed by atoms with Crippen LogP contribution in [0.25, 0.3) is 0 Å². The van der Waals surface area contributed by atoms with Gasteiger partial charge in [0.15, 0.2) is 5.76 Å². The van der Waals surface area contributed by atoms with E-state index in [0.29, 0.717) is 0 Å². The molecule has 54 valence electrons. The van der Waals surface area contributed by atoms with Crippen LogP contribution in [-0.4, -0.2) is 27.2 Å². The van der Waals surface area contributed by atoms with Crippen LogP contribution in [0.1, 0.15) is 0 Å². The third-order valence-electron chi connectivity index (χ3n) is 1.13. The summed E-state index contributed by atoms with van der Waals surface area (Å²) in [6, 6.07) is 0. The fourth-order valence-corrected chi connectivity index (χ4v) is 0.648. The second kappa shape index (κ2) is 2.15. The van der Waals surface area contributed by atoms with Gasteiger partial charge in [-0.25, -0.2) is 0 Å². The summed E-state index contributed by atoms with van der Waals surface area (Å²) in [6.45, 7) is 0. The Kier molecular flexibility index (Phi) is 1.47. The minimum Gasteiger partial charge on any atom is -0.508 e. The minimum absolute atomic E-state index is 0.301. The summed E-state index contributed by atoms with van der Waals surface area (Å²) in [4.78, 5) is 10.5. The van der Waals surface area contributed by atoms with E-state index in [4.69, 9.17) is 15.3 Å². The van der Waals surface area contributed by atoms with Gasteiger partial charge in [-0.15, -0.1) is 0 Å². The first-order chi connectivity index (χ1) is 4.61. The molecule has 1 aliphatic carbocycles. The normalized spacial score (nSPS) is 25.7. The van der Waals surface area contributed by atoms with Crippen molar-refractivity contribution in [1.82, 2.24) is 0 Å². The van der Waals surface area contributed by atoms with E-state index in [0.717, 1.165) is 12.2 Å². The number of aliphatic hydroxyl groups is 3. The molecule has 10 heavy (non-hydrogen) atoms. The monoisotopic (exact) mass is 142 g/mol. The lowest BCUT2D eigenvalue weighted by atomic mass is 10.1. The molecule has 0 heterocycles. The molecule has 0 aromatic carbocycles. The Morgan fingerprint density at radius 2 is 2.00 bits per heavy atom. The number of hydrogen-bond acceptors (Lipinski definition) is 4. The Balaban J connectivity index is 2.95. The lowest BCUT2D eigenvalue weighted by Crippen LogP contribution is -2.23. The van der Waals surface area contributed by atoms with E-state index in [-0.39, 0.29) is 5.76 Å². The Hall–Kier alpha value is -1.29. The molecule has 0 fully saturated rings. The predicted octanol–water partition coefficient (Wildman–Crippen LogP) is -0.186. The zero-order valence-corrected chi connectivity index (χ0v) is 4.98. The van der Waals surface area contributed by atoms with Gasteiger partial charge in [0.1, 0.15) is 11.9 Å². The number of carbonyl (C=O) groups excluding carboxylic acids is 1. The first kappa shape index (κ1) is 6.82. The van der Waals surface area contributed by atoms with E-state index in [2.05, 4.69) is 0 Å². The Labute approximate surface area is 56.7 Å². The molecule has 0 radical (unpaired) electrons. The number of aliphatic hydroxyl groups excluding tert-OH is 3. The van der Waals surface area contributed by atoms with Crippen molar-refractivity contribution in [1.29, 1.82) is 0 Å². The van der Waals surface area contributed by atoms with Crippen molar-refractivity contribution in [2.24, 2.45) is 0 Å². The summed E-state index contributed by atoms with van der Waals surface area (Å²) >= 11 is 0. The Bertz CT molecular complexity index is 226. The molecule has 0 spiro atoms. The SMILES string of the molecule is O=C1C(O)=CC(O)=CC1O. The highest BCUT2D eigenvalue weighted by Gasteiger charge is 2.21. The maximum Gasteiger partial charge on any atom is 0.229 e. The molecule has 0 aromatic rings. The van der Waals surface area contributed by atoms with Crippen molar-refractivity contribution < 1.29 is 20.1 Å². The maximum atomic E-state index is 10.5. The fraction of sp³-hybridized carbons (Fsp3) is 0.167. The van der Waals surface area contributed by atoms with Crippen LogP contribution in [0.2, 0.25) is 0 Å². The number of hydrogen-bond donors (Lipinski definition) is 3. The van der Waals surface area contributed by atoms with Gasteiger partial charge >= 0.3 is 0 Å². The van der Waals surface area contributed by atoms with Gasteiger partial charge in [0, 0.05) is 6.08 Å². The second-order valence-electron chi connectivity index (χ2n) is 1.93. The van der Waals surface area contributed by atoms with Crippen LogP contribution in [0.15, 0.2) is 23.7 Å². The first-order valence-corrected chi connectivity index (χ1v) is 2.65.